The van der Waals surface area contributed by atoms with E-state index >= 15 is 0 Å². The Morgan fingerprint density at radius 2 is 2.23 bits per heavy atom. The van der Waals surface area contributed by atoms with Crippen molar-refractivity contribution < 1.29 is 18.3 Å². The monoisotopic (exact) mass is 367 g/mol. The second kappa shape index (κ2) is 7.02. The van der Waals surface area contributed by atoms with Gasteiger partial charge >= 0.3 is 6.61 Å². The van der Waals surface area contributed by atoms with E-state index in [9.17, 15) is 13.6 Å². The minimum atomic E-state index is -2.78. The van der Waals surface area contributed by atoms with Gasteiger partial charge in [-0.1, -0.05) is 6.92 Å². The number of amidine groups is 1. The van der Waals surface area contributed by atoms with E-state index in [1.54, 1.807) is 4.90 Å². The normalized spacial score (nSPS) is 36.8. The first-order valence-corrected chi connectivity index (χ1v) is 9.14. The molecule has 5 atom stereocenters. The average Bonchev–Trinajstić information content (AvgIpc) is 3.22. The fourth-order valence-corrected chi connectivity index (χ4v) is 4.43. The number of hydrogen-bond acceptors (Lipinski definition) is 6. The van der Waals surface area contributed by atoms with Crippen LogP contribution in [0.15, 0.2) is 15.1 Å². The highest BCUT2D eigenvalue weighted by Gasteiger charge is 2.47. The van der Waals surface area contributed by atoms with Crippen molar-refractivity contribution in [1.82, 2.24) is 10.3 Å². The third-order valence-corrected chi connectivity index (χ3v) is 5.64. The molecule has 4 rings (SSSR count). The van der Waals surface area contributed by atoms with Gasteiger partial charge < -0.3 is 10.2 Å². The molecule has 1 N–H and O–H groups in total. The van der Waals surface area contributed by atoms with Gasteiger partial charge in [-0.15, -0.1) is 0 Å². The largest absolute Gasteiger partial charge is 0.345 e. The summed E-state index contributed by atoms with van der Waals surface area (Å²) < 4.78 is 29.6. The molecule has 0 aromatic heterocycles. The molecule has 1 amide bonds. The number of nitrogens with one attached hydrogen (secondary N) is 1. The van der Waals surface area contributed by atoms with Gasteiger partial charge in [0.15, 0.2) is 0 Å². The lowest BCUT2D eigenvalue weighted by atomic mass is 9.78. The van der Waals surface area contributed by atoms with E-state index in [1.165, 1.54) is 0 Å². The summed E-state index contributed by atoms with van der Waals surface area (Å²) in [5.41, 5.74) is 3.79. The third-order valence-electron chi connectivity index (χ3n) is 5.64. The molecule has 0 spiro atoms. The van der Waals surface area contributed by atoms with E-state index in [4.69, 9.17) is 4.99 Å². The van der Waals surface area contributed by atoms with Crippen LogP contribution < -0.4 is 5.43 Å². The van der Waals surface area contributed by atoms with Gasteiger partial charge in [0, 0.05) is 30.8 Å². The second-order valence-electron chi connectivity index (χ2n) is 7.42. The molecule has 0 radical (unpaired) electrons. The van der Waals surface area contributed by atoms with Crippen LogP contribution >= 0.6 is 0 Å². The molecular formula is C17H23F2N5O2. The molecular weight excluding hydrogens is 344 g/mol. The van der Waals surface area contributed by atoms with E-state index in [2.05, 4.69) is 27.2 Å². The first-order valence-electron chi connectivity index (χ1n) is 9.14. The number of amides is 1. The number of ether oxygens (including phenoxy) is 1. The Kier molecular flexibility index (Phi) is 4.73. The van der Waals surface area contributed by atoms with Gasteiger partial charge in [-0.3, -0.25) is 19.7 Å². The molecule has 0 bridgehead atoms. The van der Waals surface area contributed by atoms with Gasteiger partial charge in [0.1, 0.15) is 5.84 Å². The molecule has 5 unspecified atom stereocenters. The molecule has 142 valence electrons. The van der Waals surface area contributed by atoms with Gasteiger partial charge in [0.05, 0.1) is 31.2 Å². The average molecular weight is 367 g/mol. The van der Waals surface area contributed by atoms with Crippen LogP contribution in [0.4, 0.5) is 8.78 Å². The van der Waals surface area contributed by atoms with Crippen molar-refractivity contribution in [3.8, 4) is 0 Å². The Balaban J connectivity index is 1.50. The fourth-order valence-electron chi connectivity index (χ4n) is 4.43. The Morgan fingerprint density at radius 3 is 2.96 bits per heavy atom. The summed E-state index contributed by atoms with van der Waals surface area (Å²) in [4.78, 5) is 23.6. The number of rotatable bonds is 3. The number of halogens is 2. The zero-order valence-electron chi connectivity index (χ0n) is 14.6. The maximum Gasteiger partial charge on any atom is 0.345 e. The molecule has 4 heterocycles. The maximum absolute atomic E-state index is 12.8. The molecule has 0 aromatic rings. The number of alkyl halides is 2. The van der Waals surface area contributed by atoms with E-state index in [-0.39, 0.29) is 36.2 Å². The van der Waals surface area contributed by atoms with Gasteiger partial charge in [0.25, 0.3) is 0 Å². The standard InChI is InChI=1S/C17H23F2N5O2/c1-9-4-12(10-5-11(7-20-6-10)26-17(18)19)22-13-8-24(16(25)15(9)13)14-2-3-21-23-14/h6,9-12,15,17,21H,2-5,7-8H2,1H3. The number of carbonyl (C=O) groups is 1. The molecule has 7 nitrogen and oxygen atoms in total. The Morgan fingerprint density at radius 1 is 1.38 bits per heavy atom. The zero-order valence-corrected chi connectivity index (χ0v) is 14.6. The van der Waals surface area contributed by atoms with E-state index in [0.29, 0.717) is 13.0 Å². The lowest BCUT2D eigenvalue weighted by Crippen LogP contribution is -2.40. The van der Waals surface area contributed by atoms with Crippen LogP contribution in [0.5, 0.6) is 0 Å². The third kappa shape index (κ3) is 3.24. The van der Waals surface area contributed by atoms with Crippen LogP contribution in [-0.4, -0.2) is 67.0 Å². The molecule has 26 heavy (non-hydrogen) atoms. The maximum atomic E-state index is 12.8. The number of hydrazone groups is 1. The predicted octanol–water partition coefficient (Wildman–Crippen LogP) is 1.30. The minimum Gasteiger partial charge on any atom is -0.318 e. The Bertz CT molecular complexity index is 666. The van der Waals surface area contributed by atoms with Gasteiger partial charge in [-0.2, -0.15) is 13.9 Å². The van der Waals surface area contributed by atoms with Crippen molar-refractivity contribution in [1.29, 1.82) is 0 Å². The van der Waals surface area contributed by atoms with Crippen LogP contribution in [-0.2, 0) is 9.53 Å². The Hall–Kier alpha value is -1.90. The SMILES string of the molecule is CC1CC(C2C=NCC(OC(F)F)C2)N=C2CN(C3=NNCC3)C(=O)C21. The van der Waals surface area contributed by atoms with Crippen molar-refractivity contribution >= 4 is 23.7 Å². The first kappa shape index (κ1) is 17.5. The number of carbonyl (C=O) groups excluding carboxylic acids is 1. The molecule has 0 saturated carbocycles. The summed E-state index contributed by atoms with van der Waals surface area (Å²) >= 11 is 0. The fraction of sp³-hybridized carbons (Fsp3) is 0.765. The van der Waals surface area contributed by atoms with Gasteiger partial charge in [0.2, 0.25) is 5.91 Å². The number of aliphatic imine (C=N–C) groups is 2. The Labute approximate surface area is 150 Å². The van der Waals surface area contributed by atoms with Crippen molar-refractivity contribution in [3.05, 3.63) is 0 Å². The van der Waals surface area contributed by atoms with Crippen molar-refractivity contribution in [2.24, 2.45) is 32.8 Å². The van der Waals surface area contributed by atoms with Crippen LogP contribution in [0.3, 0.4) is 0 Å². The molecule has 0 aromatic carbocycles. The summed E-state index contributed by atoms with van der Waals surface area (Å²) in [6, 6.07) is -0.0412. The second-order valence-corrected chi connectivity index (χ2v) is 7.42. The van der Waals surface area contributed by atoms with Gasteiger partial charge in [-0.25, -0.2) is 0 Å². The minimum absolute atomic E-state index is 0.0296. The summed E-state index contributed by atoms with van der Waals surface area (Å²) in [6.07, 6.45) is 3.23. The smallest absolute Gasteiger partial charge is 0.318 e. The topological polar surface area (TPSA) is 78.7 Å². The lowest BCUT2D eigenvalue weighted by molar-refractivity contribution is -0.164. The predicted molar refractivity (Wildman–Crippen MR) is 92.6 cm³/mol. The summed E-state index contributed by atoms with van der Waals surface area (Å²) in [5, 5.41) is 4.21. The molecule has 9 heteroatoms. The van der Waals surface area contributed by atoms with Crippen molar-refractivity contribution in [2.75, 3.05) is 19.6 Å². The van der Waals surface area contributed by atoms with Crippen LogP contribution in [0, 0.1) is 17.8 Å². The van der Waals surface area contributed by atoms with E-state index < -0.39 is 12.7 Å². The highest BCUT2D eigenvalue weighted by atomic mass is 19.3. The van der Waals surface area contributed by atoms with Crippen LogP contribution in [0.2, 0.25) is 0 Å². The highest BCUT2D eigenvalue weighted by Crippen LogP contribution is 2.36. The summed E-state index contributed by atoms with van der Waals surface area (Å²) in [6.45, 7) is 0.776. The quantitative estimate of drug-likeness (QED) is 0.817. The number of fused-ring (bicyclic) bond motifs is 1. The number of nitrogens with zero attached hydrogens (tertiary/aromatic N) is 4. The number of likely N-dealkylation sites (tertiary alicyclic amines) is 1. The van der Waals surface area contributed by atoms with Gasteiger partial charge in [-0.05, 0) is 18.8 Å². The zero-order chi connectivity index (χ0) is 18.3. The van der Waals surface area contributed by atoms with Crippen molar-refractivity contribution in [2.45, 2.75) is 44.9 Å². The molecule has 1 fully saturated rings. The van der Waals surface area contributed by atoms with Crippen molar-refractivity contribution in [3.63, 3.8) is 0 Å². The highest BCUT2D eigenvalue weighted by molar-refractivity contribution is 6.18. The molecule has 4 aliphatic rings. The van der Waals surface area contributed by atoms with Crippen LogP contribution in [0.25, 0.3) is 0 Å². The molecule has 0 aliphatic carbocycles. The summed E-state index contributed by atoms with van der Waals surface area (Å²) in [7, 11) is 0. The van der Waals surface area contributed by atoms with E-state index in [1.807, 2.05) is 6.21 Å². The molecule has 4 aliphatic heterocycles. The van der Waals surface area contributed by atoms with E-state index in [0.717, 1.165) is 30.9 Å². The lowest BCUT2D eigenvalue weighted by Gasteiger charge is -2.34. The summed E-state index contributed by atoms with van der Waals surface area (Å²) in [5.74, 6) is 0.792. The number of hydrogen-bond donors (Lipinski definition) is 1. The first-order chi connectivity index (χ1) is 12.5. The molecule has 1 saturated heterocycles. The van der Waals surface area contributed by atoms with Crippen LogP contribution in [0.1, 0.15) is 26.2 Å².